The van der Waals surface area contributed by atoms with Crippen LogP contribution >= 0.6 is 34.8 Å². The molecule has 0 aromatic heterocycles. The van der Waals surface area contributed by atoms with Crippen LogP contribution < -0.4 is 10.1 Å². The zero-order chi connectivity index (χ0) is 19.3. The fraction of sp³-hybridized carbons (Fsp3) is 0.529. The fourth-order valence-electron chi connectivity index (χ4n) is 2.57. The Morgan fingerprint density at radius 3 is 2.31 bits per heavy atom. The van der Waals surface area contributed by atoms with Crippen molar-refractivity contribution in [3.8, 4) is 5.75 Å². The summed E-state index contributed by atoms with van der Waals surface area (Å²) in [4.78, 5) is 27.8. The third-order valence-electron chi connectivity index (χ3n) is 3.87. The van der Waals surface area contributed by atoms with Crippen molar-refractivity contribution in [2.45, 2.75) is 19.9 Å². The van der Waals surface area contributed by atoms with E-state index in [2.05, 4.69) is 5.32 Å². The number of amides is 2. The van der Waals surface area contributed by atoms with Crippen LogP contribution in [-0.2, 0) is 9.59 Å². The van der Waals surface area contributed by atoms with Gasteiger partial charge in [-0.05, 0) is 19.9 Å². The zero-order valence-electron chi connectivity index (χ0n) is 14.7. The molecule has 0 spiro atoms. The fourth-order valence-corrected chi connectivity index (χ4v) is 3.16. The Morgan fingerprint density at radius 2 is 1.69 bits per heavy atom. The van der Waals surface area contributed by atoms with Crippen molar-refractivity contribution >= 4 is 46.6 Å². The van der Waals surface area contributed by atoms with Crippen LogP contribution in [-0.4, -0.2) is 67.0 Å². The number of nitrogens with one attached hydrogen (secondary N) is 1. The smallest absolute Gasteiger partial charge is 0.260 e. The van der Waals surface area contributed by atoms with Gasteiger partial charge in [-0.1, -0.05) is 34.8 Å². The largest absolute Gasteiger partial charge is 0.482 e. The Hall–Kier alpha value is -1.21. The number of hydrogen-bond acceptors (Lipinski definition) is 4. The van der Waals surface area contributed by atoms with E-state index in [-0.39, 0.29) is 24.5 Å². The van der Waals surface area contributed by atoms with E-state index in [4.69, 9.17) is 39.5 Å². The molecule has 1 N–H and O–H groups in total. The van der Waals surface area contributed by atoms with E-state index in [1.54, 1.807) is 4.90 Å². The molecule has 1 aliphatic rings. The Morgan fingerprint density at radius 1 is 1.08 bits per heavy atom. The van der Waals surface area contributed by atoms with E-state index >= 15 is 0 Å². The van der Waals surface area contributed by atoms with Gasteiger partial charge in [0.1, 0.15) is 5.75 Å². The van der Waals surface area contributed by atoms with Gasteiger partial charge in [0, 0.05) is 38.3 Å². The molecule has 26 heavy (non-hydrogen) atoms. The van der Waals surface area contributed by atoms with Gasteiger partial charge in [-0.15, -0.1) is 0 Å². The number of ether oxygens (including phenoxy) is 1. The molecular formula is C17H22Cl3N3O3. The molecule has 6 nitrogen and oxygen atoms in total. The maximum atomic E-state index is 12.3. The number of piperazine rings is 1. The van der Waals surface area contributed by atoms with Crippen molar-refractivity contribution in [3.63, 3.8) is 0 Å². The summed E-state index contributed by atoms with van der Waals surface area (Å²) in [5.74, 6) is 0.175. The lowest BCUT2D eigenvalue weighted by Gasteiger charge is -2.34. The first-order chi connectivity index (χ1) is 12.3. The summed E-state index contributed by atoms with van der Waals surface area (Å²) < 4.78 is 5.48. The van der Waals surface area contributed by atoms with Gasteiger partial charge >= 0.3 is 0 Å². The average molecular weight is 423 g/mol. The van der Waals surface area contributed by atoms with Gasteiger partial charge in [0.15, 0.2) is 6.61 Å². The second kappa shape index (κ2) is 9.65. The van der Waals surface area contributed by atoms with Crippen LogP contribution in [0.25, 0.3) is 0 Å². The molecule has 0 unspecified atom stereocenters. The van der Waals surface area contributed by atoms with E-state index in [9.17, 15) is 9.59 Å². The monoisotopic (exact) mass is 421 g/mol. The minimum atomic E-state index is -0.140. The highest BCUT2D eigenvalue weighted by atomic mass is 35.5. The van der Waals surface area contributed by atoms with Gasteiger partial charge in [-0.25, -0.2) is 0 Å². The Labute approximate surface area is 168 Å². The quantitative estimate of drug-likeness (QED) is 0.716. The van der Waals surface area contributed by atoms with Crippen LogP contribution in [0.5, 0.6) is 5.75 Å². The first kappa shape index (κ1) is 21.1. The molecule has 0 radical (unpaired) electrons. The molecule has 1 aromatic carbocycles. The summed E-state index contributed by atoms with van der Waals surface area (Å²) in [6.45, 7) is 6.44. The topological polar surface area (TPSA) is 61.9 Å². The molecule has 2 rings (SSSR count). The molecular weight excluding hydrogens is 401 g/mol. The Kier molecular flexibility index (Phi) is 7.83. The highest BCUT2D eigenvalue weighted by molar-refractivity contribution is 6.43. The number of halogens is 3. The van der Waals surface area contributed by atoms with E-state index < -0.39 is 0 Å². The van der Waals surface area contributed by atoms with Gasteiger partial charge in [0.05, 0.1) is 21.6 Å². The van der Waals surface area contributed by atoms with Crippen molar-refractivity contribution in [2.75, 3.05) is 39.3 Å². The summed E-state index contributed by atoms with van der Waals surface area (Å²) >= 11 is 17.8. The second-order valence-corrected chi connectivity index (χ2v) is 7.59. The first-order valence-electron chi connectivity index (χ1n) is 8.33. The predicted octanol–water partition coefficient (Wildman–Crippen LogP) is 2.69. The highest BCUT2D eigenvalue weighted by Crippen LogP contribution is 2.33. The summed E-state index contributed by atoms with van der Waals surface area (Å²) in [5, 5.41) is 3.80. The number of carbonyl (C=O) groups is 2. The molecule has 0 aliphatic carbocycles. The number of carbonyl (C=O) groups excluding carboxylic acids is 2. The summed E-state index contributed by atoms with van der Waals surface area (Å²) in [5.41, 5.74) is 0. The third kappa shape index (κ3) is 6.20. The van der Waals surface area contributed by atoms with Gasteiger partial charge in [-0.2, -0.15) is 0 Å². The molecule has 1 heterocycles. The molecule has 1 aliphatic heterocycles. The van der Waals surface area contributed by atoms with Gasteiger partial charge in [-0.3, -0.25) is 14.5 Å². The Balaban J connectivity index is 1.78. The molecule has 1 aromatic rings. The van der Waals surface area contributed by atoms with E-state index in [0.29, 0.717) is 53.5 Å². The molecule has 2 amide bonds. The molecule has 0 saturated carbocycles. The van der Waals surface area contributed by atoms with Crippen LogP contribution in [0.1, 0.15) is 13.8 Å². The van der Waals surface area contributed by atoms with E-state index in [0.717, 1.165) is 0 Å². The number of nitrogens with zero attached hydrogens (tertiary/aromatic N) is 2. The van der Waals surface area contributed by atoms with Crippen molar-refractivity contribution < 1.29 is 14.3 Å². The van der Waals surface area contributed by atoms with E-state index in [1.807, 2.05) is 18.7 Å². The lowest BCUT2D eigenvalue weighted by Crippen LogP contribution is -2.52. The van der Waals surface area contributed by atoms with Crippen molar-refractivity contribution in [1.29, 1.82) is 0 Å². The maximum Gasteiger partial charge on any atom is 0.260 e. The molecule has 144 valence electrons. The zero-order valence-corrected chi connectivity index (χ0v) is 17.0. The SMILES string of the molecule is CC(C)NC(=O)CN1CCN(C(=O)COc2cc(Cl)c(Cl)cc2Cl)CC1. The average Bonchev–Trinajstić information content (AvgIpc) is 2.56. The minimum absolute atomic E-state index is 0.00244. The number of benzene rings is 1. The number of rotatable bonds is 6. The third-order valence-corrected chi connectivity index (χ3v) is 4.89. The second-order valence-electron chi connectivity index (χ2n) is 6.36. The van der Waals surface area contributed by atoms with E-state index in [1.165, 1.54) is 12.1 Å². The van der Waals surface area contributed by atoms with Gasteiger partial charge in [0.2, 0.25) is 5.91 Å². The van der Waals surface area contributed by atoms with Crippen LogP contribution in [0, 0.1) is 0 Å². The standard InChI is InChI=1S/C17H22Cl3N3O3/c1-11(2)21-16(24)9-22-3-5-23(6-4-22)17(25)10-26-15-8-13(19)12(18)7-14(15)20/h7-8,11H,3-6,9-10H2,1-2H3,(H,21,24). The van der Waals surface area contributed by atoms with Crippen molar-refractivity contribution in [1.82, 2.24) is 15.1 Å². The molecule has 1 saturated heterocycles. The molecule has 9 heteroatoms. The number of hydrogen-bond donors (Lipinski definition) is 1. The van der Waals surface area contributed by atoms with Crippen molar-refractivity contribution in [2.24, 2.45) is 0 Å². The van der Waals surface area contributed by atoms with Crippen LogP contribution in [0.3, 0.4) is 0 Å². The van der Waals surface area contributed by atoms with Gasteiger partial charge < -0.3 is 15.0 Å². The Bertz CT molecular complexity index is 662. The van der Waals surface area contributed by atoms with Crippen LogP contribution in [0.2, 0.25) is 15.1 Å². The summed E-state index contributed by atoms with van der Waals surface area (Å²) in [6, 6.07) is 3.09. The lowest BCUT2D eigenvalue weighted by molar-refractivity contribution is -0.135. The summed E-state index contributed by atoms with van der Waals surface area (Å²) in [6.07, 6.45) is 0. The van der Waals surface area contributed by atoms with Crippen LogP contribution in [0.15, 0.2) is 12.1 Å². The molecule has 0 atom stereocenters. The normalized spacial score (nSPS) is 15.2. The maximum absolute atomic E-state index is 12.3. The lowest BCUT2D eigenvalue weighted by atomic mass is 10.3. The molecule has 0 bridgehead atoms. The summed E-state index contributed by atoms with van der Waals surface area (Å²) in [7, 11) is 0. The minimum Gasteiger partial charge on any atom is -0.482 e. The van der Waals surface area contributed by atoms with Crippen molar-refractivity contribution in [3.05, 3.63) is 27.2 Å². The van der Waals surface area contributed by atoms with Crippen LogP contribution in [0.4, 0.5) is 0 Å². The van der Waals surface area contributed by atoms with Gasteiger partial charge in [0.25, 0.3) is 5.91 Å². The highest BCUT2D eigenvalue weighted by Gasteiger charge is 2.23. The predicted molar refractivity (Wildman–Crippen MR) is 103 cm³/mol. The molecule has 1 fully saturated rings. The first-order valence-corrected chi connectivity index (χ1v) is 9.46.